The molecule has 0 aliphatic heterocycles. The van der Waals surface area contributed by atoms with E-state index in [0.29, 0.717) is 19.6 Å². The Kier molecular flexibility index (Phi) is 10.0. The molecule has 0 heterocycles. The van der Waals surface area contributed by atoms with Gasteiger partial charge in [0.1, 0.15) is 5.57 Å². The highest BCUT2D eigenvalue weighted by molar-refractivity contribution is 6.14. The summed E-state index contributed by atoms with van der Waals surface area (Å²) in [7, 11) is 0. The summed E-state index contributed by atoms with van der Waals surface area (Å²) in [6.07, 6.45) is 5.65. The minimum Gasteiger partial charge on any atom is -0.462 e. The number of esters is 2. The van der Waals surface area contributed by atoms with E-state index < -0.39 is 11.9 Å². The van der Waals surface area contributed by atoms with Gasteiger partial charge in [0, 0.05) is 0 Å². The number of hydrogen-bond donors (Lipinski definition) is 0. The number of carbonyl (C=O) groups is 2. The van der Waals surface area contributed by atoms with E-state index in [2.05, 4.69) is 0 Å². The molecular weight excluding hydrogens is 232 g/mol. The Hall–Kier alpha value is -1.32. The van der Waals surface area contributed by atoms with E-state index in [1.807, 2.05) is 20.8 Å². The summed E-state index contributed by atoms with van der Waals surface area (Å²) < 4.78 is 10.0. The standard InChI is InChI=1S/C14H24O4/c1-4-7-10-17-13(15)12(9-6-3)14(16)18-11-8-5-2/h9H,4-8,10-11H2,1-3H3. The predicted octanol–water partition coefficient (Wildman–Crippen LogP) is 3.01. The minimum atomic E-state index is -0.577. The highest BCUT2D eigenvalue weighted by Gasteiger charge is 2.20. The van der Waals surface area contributed by atoms with E-state index in [9.17, 15) is 9.59 Å². The first-order chi connectivity index (χ1) is 8.67. The Bertz CT molecular complexity index is 258. The SMILES string of the molecule is CCC=C(C(=O)OCCCC)C(=O)OCCCC. The maximum Gasteiger partial charge on any atom is 0.345 e. The highest BCUT2D eigenvalue weighted by atomic mass is 16.6. The fraction of sp³-hybridized carbons (Fsp3) is 0.714. The van der Waals surface area contributed by atoms with Crippen molar-refractivity contribution in [2.24, 2.45) is 0 Å². The van der Waals surface area contributed by atoms with Crippen LogP contribution in [0.3, 0.4) is 0 Å². The van der Waals surface area contributed by atoms with Gasteiger partial charge in [0.25, 0.3) is 0 Å². The average Bonchev–Trinajstić information content (AvgIpc) is 2.36. The second kappa shape index (κ2) is 10.8. The zero-order valence-corrected chi connectivity index (χ0v) is 11.7. The lowest BCUT2D eigenvalue weighted by atomic mass is 10.2. The molecule has 4 heteroatoms. The molecule has 0 aliphatic rings. The summed E-state index contributed by atoms with van der Waals surface area (Å²) in [5.41, 5.74) is 0.0182. The van der Waals surface area contributed by atoms with Crippen LogP contribution in [0.5, 0.6) is 0 Å². The van der Waals surface area contributed by atoms with Crippen LogP contribution in [0.25, 0.3) is 0 Å². The van der Waals surface area contributed by atoms with Gasteiger partial charge >= 0.3 is 11.9 Å². The van der Waals surface area contributed by atoms with Gasteiger partial charge in [-0.05, 0) is 19.3 Å². The lowest BCUT2D eigenvalue weighted by Gasteiger charge is -2.08. The first kappa shape index (κ1) is 16.7. The monoisotopic (exact) mass is 256 g/mol. The van der Waals surface area contributed by atoms with Crippen LogP contribution in [-0.4, -0.2) is 25.2 Å². The van der Waals surface area contributed by atoms with Crippen LogP contribution < -0.4 is 0 Å². The van der Waals surface area contributed by atoms with Crippen LogP contribution in [0.2, 0.25) is 0 Å². The molecule has 0 saturated heterocycles. The van der Waals surface area contributed by atoms with Crippen LogP contribution in [0, 0.1) is 0 Å². The molecule has 0 bridgehead atoms. The molecule has 0 aromatic heterocycles. The van der Waals surface area contributed by atoms with Gasteiger partial charge in [-0.15, -0.1) is 0 Å². The topological polar surface area (TPSA) is 52.6 Å². The molecule has 0 amide bonds. The number of carbonyl (C=O) groups excluding carboxylic acids is 2. The van der Waals surface area contributed by atoms with Crippen molar-refractivity contribution in [2.45, 2.75) is 52.9 Å². The third kappa shape index (κ3) is 7.09. The van der Waals surface area contributed by atoms with Crippen molar-refractivity contribution in [3.8, 4) is 0 Å². The van der Waals surface area contributed by atoms with Crippen LogP contribution in [0.4, 0.5) is 0 Å². The third-order valence-corrected chi connectivity index (χ3v) is 2.31. The van der Waals surface area contributed by atoms with Crippen molar-refractivity contribution >= 4 is 11.9 Å². The molecule has 0 atom stereocenters. The zero-order chi connectivity index (χ0) is 13.8. The van der Waals surface area contributed by atoms with E-state index in [1.165, 1.54) is 0 Å². The van der Waals surface area contributed by atoms with Crippen LogP contribution in [0.15, 0.2) is 11.6 Å². The Balaban J connectivity index is 4.32. The molecule has 18 heavy (non-hydrogen) atoms. The van der Waals surface area contributed by atoms with Crippen molar-refractivity contribution in [3.05, 3.63) is 11.6 Å². The van der Waals surface area contributed by atoms with Crippen LogP contribution in [-0.2, 0) is 19.1 Å². The van der Waals surface area contributed by atoms with Gasteiger partial charge in [0.05, 0.1) is 13.2 Å². The van der Waals surface area contributed by atoms with Crippen molar-refractivity contribution in [3.63, 3.8) is 0 Å². The summed E-state index contributed by atoms with van der Waals surface area (Å²) in [5, 5.41) is 0. The van der Waals surface area contributed by atoms with E-state index in [0.717, 1.165) is 25.7 Å². The molecule has 0 rings (SSSR count). The fourth-order valence-electron chi connectivity index (χ4n) is 1.23. The number of ether oxygens (including phenoxy) is 2. The molecule has 0 unspecified atom stereocenters. The summed E-state index contributed by atoms with van der Waals surface area (Å²) in [6.45, 7) is 6.57. The summed E-state index contributed by atoms with van der Waals surface area (Å²) in [4.78, 5) is 23.4. The molecule has 104 valence electrons. The van der Waals surface area contributed by atoms with E-state index in [4.69, 9.17) is 9.47 Å². The quantitative estimate of drug-likeness (QED) is 0.209. The smallest absolute Gasteiger partial charge is 0.345 e. The molecule has 0 aromatic rings. The Labute approximate surface area is 109 Å². The molecule has 0 fully saturated rings. The molecule has 0 spiro atoms. The Morgan fingerprint density at radius 2 is 1.33 bits per heavy atom. The summed E-state index contributed by atoms with van der Waals surface area (Å²) >= 11 is 0. The van der Waals surface area contributed by atoms with Gasteiger partial charge in [-0.2, -0.15) is 0 Å². The van der Waals surface area contributed by atoms with Gasteiger partial charge in [-0.25, -0.2) is 9.59 Å². The van der Waals surface area contributed by atoms with E-state index in [1.54, 1.807) is 6.08 Å². The van der Waals surface area contributed by atoms with Crippen LogP contribution >= 0.6 is 0 Å². The Morgan fingerprint density at radius 1 is 0.889 bits per heavy atom. The van der Waals surface area contributed by atoms with Crippen molar-refractivity contribution < 1.29 is 19.1 Å². The number of hydrogen-bond acceptors (Lipinski definition) is 4. The molecule has 4 nitrogen and oxygen atoms in total. The van der Waals surface area contributed by atoms with Crippen LogP contribution in [0.1, 0.15) is 52.9 Å². The second-order valence-electron chi connectivity index (χ2n) is 4.00. The summed E-state index contributed by atoms with van der Waals surface area (Å²) in [5.74, 6) is -1.15. The number of allylic oxidation sites excluding steroid dienone is 1. The first-order valence-electron chi connectivity index (χ1n) is 6.71. The van der Waals surface area contributed by atoms with Crippen molar-refractivity contribution in [2.75, 3.05) is 13.2 Å². The minimum absolute atomic E-state index is 0.0182. The maximum atomic E-state index is 11.7. The van der Waals surface area contributed by atoms with Gasteiger partial charge in [-0.1, -0.05) is 39.7 Å². The molecule has 0 radical (unpaired) electrons. The second-order valence-corrected chi connectivity index (χ2v) is 4.00. The molecular formula is C14H24O4. The lowest BCUT2D eigenvalue weighted by Crippen LogP contribution is -2.19. The molecule has 0 saturated carbocycles. The molecule has 0 aromatic carbocycles. The average molecular weight is 256 g/mol. The van der Waals surface area contributed by atoms with E-state index >= 15 is 0 Å². The van der Waals surface area contributed by atoms with Crippen molar-refractivity contribution in [1.82, 2.24) is 0 Å². The van der Waals surface area contributed by atoms with E-state index in [-0.39, 0.29) is 5.57 Å². The third-order valence-electron chi connectivity index (χ3n) is 2.31. The zero-order valence-electron chi connectivity index (χ0n) is 11.7. The molecule has 0 aliphatic carbocycles. The first-order valence-corrected chi connectivity index (χ1v) is 6.71. The largest absolute Gasteiger partial charge is 0.462 e. The van der Waals surface area contributed by atoms with Gasteiger partial charge in [-0.3, -0.25) is 0 Å². The normalized spacial score (nSPS) is 9.72. The fourth-order valence-corrected chi connectivity index (χ4v) is 1.23. The van der Waals surface area contributed by atoms with Crippen molar-refractivity contribution in [1.29, 1.82) is 0 Å². The predicted molar refractivity (Wildman–Crippen MR) is 70.1 cm³/mol. The maximum absolute atomic E-state index is 11.7. The number of unbranched alkanes of at least 4 members (excludes halogenated alkanes) is 2. The summed E-state index contributed by atoms with van der Waals surface area (Å²) in [6, 6.07) is 0. The van der Waals surface area contributed by atoms with Gasteiger partial charge in [0.2, 0.25) is 0 Å². The Morgan fingerprint density at radius 3 is 1.67 bits per heavy atom. The lowest BCUT2D eigenvalue weighted by molar-refractivity contribution is -0.147. The van der Waals surface area contributed by atoms with Gasteiger partial charge in [0.15, 0.2) is 0 Å². The van der Waals surface area contributed by atoms with Gasteiger partial charge < -0.3 is 9.47 Å². The highest BCUT2D eigenvalue weighted by Crippen LogP contribution is 2.05. The molecule has 0 N–H and O–H groups in total. The number of rotatable bonds is 9.